The molecule has 2 aromatic rings. The molecule has 0 atom stereocenters. The Morgan fingerprint density at radius 2 is 1.13 bits per heavy atom. The van der Waals surface area contributed by atoms with Crippen LogP contribution >= 0.6 is 0 Å². The molecule has 23 heavy (non-hydrogen) atoms. The summed E-state index contributed by atoms with van der Waals surface area (Å²) in [5.74, 6) is 0.702. The molecule has 0 aliphatic heterocycles. The van der Waals surface area contributed by atoms with Gasteiger partial charge in [0.1, 0.15) is 0 Å². The second kappa shape index (κ2) is 7.90. The van der Waals surface area contributed by atoms with Crippen molar-refractivity contribution in [3.05, 3.63) is 46.5 Å². The Labute approximate surface area is 141 Å². The Kier molecular flexibility index (Phi) is 6.49. The van der Waals surface area contributed by atoms with Crippen molar-refractivity contribution < 1.29 is 25.2 Å². The van der Waals surface area contributed by atoms with E-state index in [9.17, 15) is 10.2 Å². The van der Waals surface area contributed by atoms with E-state index < -0.39 is 6.16 Å². The first-order chi connectivity index (χ1) is 10.6. The van der Waals surface area contributed by atoms with Crippen LogP contribution in [0.25, 0.3) is 0 Å². The maximum atomic E-state index is 10.1. The van der Waals surface area contributed by atoms with E-state index >= 15 is 0 Å². The zero-order valence-electron chi connectivity index (χ0n) is 13.3. The molecule has 0 spiro atoms. The predicted molar refractivity (Wildman–Crippen MR) is 85.6 cm³/mol. The van der Waals surface area contributed by atoms with Gasteiger partial charge in [-0.15, -0.1) is 0 Å². The molecule has 122 valence electrons. The van der Waals surface area contributed by atoms with E-state index in [1.165, 1.54) is 0 Å². The summed E-state index contributed by atoms with van der Waals surface area (Å²) in [6, 6.07) is 7.94. The molecular weight excluding hydrogens is 363 g/mol. The summed E-state index contributed by atoms with van der Waals surface area (Å²) >= 11 is -0.0955. The van der Waals surface area contributed by atoms with Gasteiger partial charge < -0.3 is 15.0 Å². The number of hydrogen-bond acceptors (Lipinski definition) is 5. The van der Waals surface area contributed by atoms with Crippen LogP contribution in [0.2, 0.25) is 0 Å². The number of carbonyl (C=O) groups is 1. The maximum absolute atomic E-state index is 10.1. The molecular formula is C17H18O5Se. The quantitative estimate of drug-likeness (QED) is 0.686. The van der Waals surface area contributed by atoms with Crippen LogP contribution in [-0.4, -0.2) is 31.3 Å². The average Bonchev–Trinajstić information content (AvgIpc) is 2.40. The van der Waals surface area contributed by atoms with Gasteiger partial charge in [0, 0.05) is 0 Å². The Morgan fingerprint density at radius 1 is 0.826 bits per heavy atom. The third-order valence-corrected chi connectivity index (χ3v) is 5.27. The summed E-state index contributed by atoms with van der Waals surface area (Å²) in [6.07, 6.45) is -2.33. The number of benzene rings is 2. The molecule has 6 heteroatoms. The second-order valence-corrected chi connectivity index (χ2v) is 7.48. The van der Waals surface area contributed by atoms with Crippen LogP contribution in [0.1, 0.15) is 22.3 Å². The number of hydrogen-bond donors (Lipinski definition) is 2. The zero-order valence-corrected chi connectivity index (χ0v) is 15.0. The molecule has 0 aliphatic rings. The molecule has 0 bridgehead atoms. The molecule has 0 saturated carbocycles. The number of carboxylic acid groups (broad SMARTS) is 2. The van der Waals surface area contributed by atoms with Crippen molar-refractivity contribution in [2.45, 2.75) is 27.7 Å². The Hall–Kier alpha value is -2.17. The molecule has 2 aromatic carbocycles. The van der Waals surface area contributed by atoms with Gasteiger partial charge >= 0.3 is 120 Å². The summed E-state index contributed by atoms with van der Waals surface area (Å²) in [5.41, 5.74) is 4.05. The van der Waals surface area contributed by atoms with Gasteiger partial charge in [-0.2, -0.15) is 0 Å². The largest absolute Gasteiger partial charge is 0.652 e. The van der Waals surface area contributed by atoms with Gasteiger partial charge in [-0.3, -0.25) is 0 Å². The van der Waals surface area contributed by atoms with Gasteiger partial charge in [-0.1, -0.05) is 0 Å². The molecule has 0 aliphatic carbocycles. The molecule has 2 radical (unpaired) electrons. The molecule has 0 saturated heterocycles. The van der Waals surface area contributed by atoms with E-state index in [1.54, 1.807) is 0 Å². The third-order valence-electron chi connectivity index (χ3n) is 3.04. The van der Waals surface area contributed by atoms with Crippen molar-refractivity contribution >= 4 is 30.0 Å². The topological polar surface area (TPSA) is 104 Å². The van der Waals surface area contributed by atoms with Crippen LogP contribution in [-0.2, 0) is 0 Å². The molecule has 5 nitrogen and oxygen atoms in total. The predicted octanol–water partition coefficient (Wildman–Crippen LogP) is -0.461. The summed E-state index contributed by atoms with van der Waals surface area (Å²) < 4.78 is 1.84. The molecule has 0 amide bonds. The fourth-order valence-corrected chi connectivity index (χ4v) is 4.72. The summed E-state index contributed by atoms with van der Waals surface area (Å²) in [5, 5.41) is 37.0. The minimum atomic E-state index is -2.33. The van der Waals surface area contributed by atoms with E-state index in [4.69, 9.17) is 15.0 Å². The molecule has 2 rings (SSSR count). The van der Waals surface area contributed by atoms with E-state index in [0.717, 1.165) is 31.2 Å². The number of rotatable bonds is 2. The Bertz CT molecular complexity index is 666. The molecule has 0 unspecified atom stereocenters. The number of aryl methyl sites for hydroxylation is 4. The van der Waals surface area contributed by atoms with Gasteiger partial charge in [-0.05, 0) is 6.16 Å². The SMILES string of the molecule is Cc1cc(C)c(O)c([Se+2]c2cc(C)cc(C)c2O)c1.O=C([O-])[O-]. The number of carbonyl (C=O) groups excluding carboxylic acids is 1. The molecule has 2 N–H and O–H groups in total. The van der Waals surface area contributed by atoms with Crippen molar-refractivity contribution in [2.24, 2.45) is 0 Å². The van der Waals surface area contributed by atoms with Crippen LogP contribution in [0.5, 0.6) is 11.5 Å². The first-order valence-electron chi connectivity index (χ1n) is 6.78. The fourth-order valence-electron chi connectivity index (χ4n) is 2.12. The first-order valence-corrected chi connectivity index (χ1v) is 8.49. The van der Waals surface area contributed by atoms with Crippen LogP contribution in [0, 0.1) is 27.7 Å². The van der Waals surface area contributed by atoms with Gasteiger partial charge in [0.2, 0.25) is 0 Å². The standard InChI is InChI=1S/C16H18O2Se.CH2O3/c1-9-5-11(3)15(17)13(7-9)19-14-8-10(2)6-12(4)16(14)18;2-1(3)4/h5-8,17-18H,1-4H3;(H2,2,3,4)/q+2;/p-2. The van der Waals surface area contributed by atoms with Crippen molar-refractivity contribution in [3.63, 3.8) is 0 Å². The number of aromatic hydroxyl groups is 2. The Balaban J connectivity index is 0.000000593. The zero-order chi connectivity index (χ0) is 17.7. The summed E-state index contributed by atoms with van der Waals surface area (Å²) in [6.45, 7) is 7.85. The minimum absolute atomic E-state index is 0.0955. The van der Waals surface area contributed by atoms with Gasteiger partial charge in [-0.25, -0.2) is 0 Å². The monoisotopic (exact) mass is 382 g/mol. The molecule has 0 fully saturated rings. The normalized spacial score (nSPS) is 9.91. The summed E-state index contributed by atoms with van der Waals surface area (Å²) in [4.78, 5) is 8.33. The van der Waals surface area contributed by atoms with E-state index in [2.05, 4.69) is 0 Å². The maximum Gasteiger partial charge on any atom is -0.0431 e. The van der Waals surface area contributed by atoms with Crippen molar-refractivity contribution in [2.75, 3.05) is 0 Å². The third kappa shape index (κ3) is 5.51. The molecule has 0 heterocycles. The van der Waals surface area contributed by atoms with Crippen molar-refractivity contribution in [1.29, 1.82) is 0 Å². The van der Waals surface area contributed by atoms with Crippen LogP contribution in [0.3, 0.4) is 0 Å². The fraction of sp³-hybridized carbons (Fsp3) is 0.235. The number of phenolic OH excluding ortho intramolecular Hbond substituents is 2. The van der Waals surface area contributed by atoms with E-state index in [-0.39, 0.29) is 15.0 Å². The van der Waals surface area contributed by atoms with Gasteiger partial charge in [0.15, 0.2) is 0 Å². The van der Waals surface area contributed by atoms with E-state index in [0.29, 0.717) is 11.5 Å². The van der Waals surface area contributed by atoms with Gasteiger partial charge in [0.05, 0.1) is 0 Å². The Morgan fingerprint density at radius 3 is 1.43 bits per heavy atom. The van der Waals surface area contributed by atoms with Crippen LogP contribution < -0.4 is 19.1 Å². The minimum Gasteiger partial charge on any atom is -0.652 e. The average molecular weight is 381 g/mol. The van der Waals surface area contributed by atoms with Crippen molar-refractivity contribution in [3.8, 4) is 11.5 Å². The number of phenols is 2. The van der Waals surface area contributed by atoms with Crippen LogP contribution in [0.4, 0.5) is 4.79 Å². The van der Waals surface area contributed by atoms with Crippen molar-refractivity contribution in [1.82, 2.24) is 0 Å². The first kappa shape index (κ1) is 18.9. The second-order valence-electron chi connectivity index (χ2n) is 5.21. The van der Waals surface area contributed by atoms with Crippen LogP contribution in [0.15, 0.2) is 24.3 Å². The van der Waals surface area contributed by atoms with Gasteiger partial charge in [0.25, 0.3) is 0 Å². The summed E-state index contributed by atoms with van der Waals surface area (Å²) in [7, 11) is 0. The molecule has 0 aromatic heterocycles. The smallest absolute Gasteiger partial charge is 0.0431 e. The van der Waals surface area contributed by atoms with E-state index in [1.807, 2.05) is 52.0 Å².